The van der Waals surface area contributed by atoms with Crippen LogP contribution in [0.2, 0.25) is 5.02 Å². The number of allylic oxidation sites excluding steroid dienone is 2. The molecule has 0 bridgehead atoms. The van der Waals surface area contributed by atoms with E-state index in [1.54, 1.807) is 18.2 Å². The summed E-state index contributed by atoms with van der Waals surface area (Å²) in [5.74, 6) is -1.45. The Morgan fingerprint density at radius 3 is 2.41 bits per heavy atom. The van der Waals surface area contributed by atoms with Crippen LogP contribution in [0, 0.1) is 15.9 Å². The highest BCUT2D eigenvalue weighted by Crippen LogP contribution is 2.43. The van der Waals surface area contributed by atoms with Gasteiger partial charge in [0.1, 0.15) is 10.8 Å². The van der Waals surface area contributed by atoms with Crippen LogP contribution in [0.15, 0.2) is 53.7 Å². The van der Waals surface area contributed by atoms with Crippen molar-refractivity contribution in [3.63, 3.8) is 0 Å². The number of carbonyl (C=O) groups excluding carboxylic acids is 2. The van der Waals surface area contributed by atoms with Gasteiger partial charge in [0.05, 0.1) is 4.92 Å². The molecule has 1 aliphatic heterocycles. The van der Waals surface area contributed by atoms with Gasteiger partial charge in [0, 0.05) is 36.1 Å². The molecule has 0 saturated heterocycles. The van der Waals surface area contributed by atoms with Crippen molar-refractivity contribution < 1.29 is 18.9 Å². The van der Waals surface area contributed by atoms with Crippen LogP contribution in [-0.2, 0) is 9.59 Å². The van der Waals surface area contributed by atoms with Gasteiger partial charge in [-0.25, -0.2) is 4.39 Å². The summed E-state index contributed by atoms with van der Waals surface area (Å²) in [6.45, 7) is 0. The summed E-state index contributed by atoms with van der Waals surface area (Å²) >= 11 is 5.90. The number of halogens is 2. The van der Waals surface area contributed by atoms with Gasteiger partial charge < -0.3 is 5.32 Å². The average Bonchev–Trinajstić information content (AvgIpc) is 2.67. The zero-order valence-corrected chi connectivity index (χ0v) is 15.9. The molecule has 1 aliphatic carbocycles. The Bertz CT molecular complexity index is 1060. The molecule has 0 aromatic heterocycles. The van der Waals surface area contributed by atoms with Gasteiger partial charge in [0.15, 0.2) is 5.78 Å². The predicted molar refractivity (Wildman–Crippen MR) is 104 cm³/mol. The third kappa shape index (κ3) is 3.65. The van der Waals surface area contributed by atoms with E-state index in [9.17, 15) is 24.1 Å². The van der Waals surface area contributed by atoms with Gasteiger partial charge in [-0.05, 0) is 41.7 Å². The number of rotatable bonds is 3. The number of ketones is 1. The highest BCUT2D eigenvalue weighted by Gasteiger charge is 2.38. The number of benzene rings is 2. The van der Waals surface area contributed by atoms with E-state index in [1.807, 2.05) is 0 Å². The summed E-state index contributed by atoms with van der Waals surface area (Å²) < 4.78 is 13.2. The Labute approximate surface area is 170 Å². The van der Waals surface area contributed by atoms with Crippen molar-refractivity contribution in [1.29, 1.82) is 0 Å². The lowest BCUT2D eigenvalue weighted by molar-refractivity contribution is -0.384. The van der Waals surface area contributed by atoms with Crippen LogP contribution >= 0.6 is 11.6 Å². The second kappa shape index (κ2) is 7.40. The van der Waals surface area contributed by atoms with Crippen LogP contribution < -0.4 is 5.32 Å². The van der Waals surface area contributed by atoms with Crippen molar-refractivity contribution in [1.82, 2.24) is 5.32 Å². The molecular weight excluding hydrogens is 399 g/mol. The fourth-order valence-electron chi connectivity index (χ4n) is 4.10. The molecule has 0 spiro atoms. The summed E-state index contributed by atoms with van der Waals surface area (Å²) in [5, 5.41) is 14.0. The van der Waals surface area contributed by atoms with E-state index in [1.165, 1.54) is 24.3 Å². The molecule has 1 N–H and O–H groups in total. The number of hydrogen-bond donors (Lipinski definition) is 1. The summed E-state index contributed by atoms with van der Waals surface area (Å²) in [5.41, 5.74) is 2.10. The van der Waals surface area contributed by atoms with E-state index in [-0.39, 0.29) is 47.0 Å². The van der Waals surface area contributed by atoms with Gasteiger partial charge in [-0.2, -0.15) is 0 Å². The van der Waals surface area contributed by atoms with Gasteiger partial charge in [0.25, 0.3) is 5.69 Å². The molecule has 2 aliphatic rings. The molecule has 1 heterocycles. The van der Waals surface area contributed by atoms with Gasteiger partial charge in [-0.1, -0.05) is 29.8 Å². The van der Waals surface area contributed by atoms with Gasteiger partial charge in [0.2, 0.25) is 5.91 Å². The second-order valence-electron chi connectivity index (χ2n) is 7.24. The van der Waals surface area contributed by atoms with Crippen LogP contribution in [0.3, 0.4) is 0 Å². The number of Topliss-reactive ketones (excluding diaryl/α,β-unsaturated/α-hetero) is 1. The lowest BCUT2D eigenvalue weighted by Gasteiger charge is -2.34. The number of nitro groups is 1. The minimum atomic E-state index is -0.586. The van der Waals surface area contributed by atoms with Crippen molar-refractivity contribution in [2.75, 3.05) is 0 Å². The minimum absolute atomic E-state index is 0.000409. The first-order valence-electron chi connectivity index (χ1n) is 9.09. The Morgan fingerprint density at radius 1 is 1.03 bits per heavy atom. The van der Waals surface area contributed by atoms with E-state index in [4.69, 9.17) is 11.6 Å². The maximum Gasteiger partial charge on any atom is 0.288 e. The number of nitrogens with one attached hydrogen (secondary N) is 1. The first-order valence-corrected chi connectivity index (χ1v) is 9.46. The summed E-state index contributed by atoms with van der Waals surface area (Å²) in [7, 11) is 0. The van der Waals surface area contributed by atoms with Crippen LogP contribution in [-0.4, -0.2) is 16.6 Å². The largest absolute Gasteiger partial charge is 0.329 e. The molecule has 6 nitrogen and oxygen atoms in total. The van der Waals surface area contributed by atoms with Crippen LogP contribution in [0.1, 0.15) is 42.2 Å². The Morgan fingerprint density at radius 2 is 1.72 bits per heavy atom. The second-order valence-corrected chi connectivity index (χ2v) is 7.65. The zero-order valence-electron chi connectivity index (χ0n) is 15.2. The lowest BCUT2D eigenvalue weighted by Crippen LogP contribution is -2.38. The predicted octanol–water partition coefficient (Wildman–Crippen LogP) is 4.39. The third-order valence-corrected chi connectivity index (χ3v) is 5.77. The van der Waals surface area contributed by atoms with E-state index >= 15 is 0 Å². The van der Waals surface area contributed by atoms with Crippen LogP contribution in [0.25, 0.3) is 0 Å². The molecule has 2 atom stereocenters. The van der Waals surface area contributed by atoms with Gasteiger partial charge in [-0.3, -0.25) is 19.7 Å². The molecule has 2 aromatic rings. The normalized spacial score (nSPS) is 21.6. The van der Waals surface area contributed by atoms with Crippen molar-refractivity contribution in [2.24, 2.45) is 0 Å². The monoisotopic (exact) mass is 414 g/mol. The maximum atomic E-state index is 13.2. The van der Waals surface area contributed by atoms with Crippen molar-refractivity contribution >= 4 is 29.0 Å². The lowest BCUT2D eigenvalue weighted by atomic mass is 9.73. The summed E-state index contributed by atoms with van der Waals surface area (Å²) in [6, 6.07) is 10.3. The summed E-state index contributed by atoms with van der Waals surface area (Å²) in [4.78, 5) is 36.0. The molecular formula is C21H16ClFN2O4. The highest BCUT2D eigenvalue weighted by molar-refractivity contribution is 6.32. The van der Waals surface area contributed by atoms with E-state index in [2.05, 4.69) is 5.32 Å². The minimum Gasteiger partial charge on any atom is -0.329 e. The first-order chi connectivity index (χ1) is 13.8. The van der Waals surface area contributed by atoms with E-state index < -0.39 is 10.8 Å². The topological polar surface area (TPSA) is 89.3 Å². The number of amides is 1. The van der Waals surface area contributed by atoms with Gasteiger partial charge >= 0.3 is 0 Å². The quantitative estimate of drug-likeness (QED) is 0.595. The van der Waals surface area contributed by atoms with Crippen molar-refractivity contribution in [2.45, 2.75) is 31.1 Å². The van der Waals surface area contributed by atoms with Crippen LogP contribution in [0.5, 0.6) is 0 Å². The number of nitrogens with zero attached hydrogens (tertiary/aromatic N) is 1. The molecule has 2 aromatic carbocycles. The Kier molecular flexibility index (Phi) is 4.92. The summed E-state index contributed by atoms with van der Waals surface area (Å²) in [6.07, 6.45) is 0.696. The Balaban J connectivity index is 1.73. The SMILES string of the molecule is O=C1C[C@@H](c2ccc(Cl)c([N+](=O)[O-])c2)C2=C(C[C@H](c3ccc(F)cc3)CC2=O)N1. The highest BCUT2D eigenvalue weighted by atomic mass is 35.5. The average molecular weight is 415 g/mol. The van der Waals surface area contributed by atoms with E-state index in [0.29, 0.717) is 23.3 Å². The molecule has 0 unspecified atom stereocenters. The third-order valence-electron chi connectivity index (χ3n) is 5.45. The fraction of sp³-hybridized carbons (Fsp3) is 0.238. The molecule has 1 amide bonds. The molecule has 148 valence electrons. The molecule has 29 heavy (non-hydrogen) atoms. The zero-order chi connectivity index (χ0) is 20.7. The first kappa shape index (κ1) is 19.3. The van der Waals surface area contributed by atoms with Gasteiger partial charge in [-0.15, -0.1) is 0 Å². The standard InChI is InChI=1S/C21H16ClFN2O4/c22-16-6-3-12(8-18(16)25(28)29)15-10-20(27)24-17-7-13(9-19(26)21(15)17)11-1-4-14(23)5-2-11/h1-6,8,13,15H,7,9-10H2,(H,24,27)/t13-,15-/m0/s1. The molecule has 0 fully saturated rings. The Hall–Kier alpha value is -3.06. The number of hydrogen-bond acceptors (Lipinski definition) is 4. The van der Waals surface area contributed by atoms with Crippen LogP contribution in [0.4, 0.5) is 10.1 Å². The molecule has 8 heteroatoms. The van der Waals surface area contributed by atoms with Crippen molar-refractivity contribution in [3.8, 4) is 0 Å². The molecule has 0 saturated carbocycles. The molecule has 4 rings (SSSR count). The van der Waals surface area contributed by atoms with E-state index in [0.717, 1.165) is 5.56 Å². The number of carbonyl (C=O) groups is 2. The molecule has 0 radical (unpaired) electrons. The van der Waals surface area contributed by atoms with Crippen molar-refractivity contribution in [3.05, 3.63) is 85.8 Å². The smallest absolute Gasteiger partial charge is 0.288 e. The number of nitro benzene ring substituents is 1. The fourth-order valence-corrected chi connectivity index (χ4v) is 4.29. The maximum absolute atomic E-state index is 13.2.